The first-order valence-corrected chi connectivity index (χ1v) is 6.17. The van der Waals surface area contributed by atoms with Gasteiger partial charge in [-0.3, -0.25) is 0 Å². The number of hydrogen-bond acceptors (Lipinski definition) is 3. The van der Waals surface area contributed by atoms with E-state index >= 15 is 0 Å². The fourth-order valence-electron chi connectivity index (χ4n) is 1.40. The predicted molar refractivity (Wildman–Crippen MR) is 70.7 cm³/mol. The Morgan fingerprint density at radius 2 is 1.94 bits per heavy atom. The van der Waals surface area contributed by atoms with Crippen LogP contribution in [0.5, 0.6) is 11.6 Å². The lowest BCUT2D eigenvalue weighted by Gasteiger charge is -2.08. The van der Waals surface area contributed by atoms with Crippen LogP contribution < -0.4 is 4.74 Å². The van der Waals surface area contributed by atoms with Gasteiger partial charge in [-0.15, -0.1) is 0 Å². The lowest BCUT2D eigenvalue weighted by molar-refractivity contribution is 0.457. The molecule has 0 fully saturated rings. The molecule has 1 aromatic heterocycles. The van der Waals surface area contributed by atoms with Gasteiger partial charge < -0.3 is 4.74 Å². The highest BCUT2D eigenvalue weighted by molar-refractivity contribution is 9.10. The van der Waals surface area contributed by atoms with Gasteiger partial charge in [0, 0.05) is 16.2 Å². The van der Waals surface area contributed by atoms with Crippen molar-refractivity contribution in [3.63, 3.8) is 0 Å². The number of benzene rings is 1. The maximum Gasteiger partial charge on any atom is 0.225 e. The van der Waals surface area contributed by atoms with Crippen molar-refractivity contribution in [1.82, 2.24) is 9.97 Å². The monoisotopic (exact) mass is 312 g/mol. The Labute approximate surface area is 113 Å². The molecule has 0 saturated heterocycles. The summed E-state index contributed by atoms with van der Waals surface area (Å²) >= 11 is 9.17. The molecular weight excluding hydrogens is 304 g/mol. The van der Waals surface area contributed by atoms with Crippen LogP contribution in [-0.2, 0) is 0 Å². The normalized spacial score (nSPS) is 10.4. The Morgan fingerprint density at radius 3 is 2.59 bits per heavy atom. The van der Waals surface area contributed by atoms with Gasteiger partial charge in [-0.25, -0.2) is 4.98 Å². The summed E-state index contributed by atoms with van der Waals surface area (Å²) in [7, 11) is 0. The molecule has 17 heavy (non-hydrogen) atoms. The van der Waals surface area contributed by atoms with Gasteiger partial charge in [0.2, 0.25) is 11.2 Å². The third kappa shape index (κ3) is 3.17. The van der Waals surface area contributed by atoms with E-state index in [0.29, 0.717) is 5.88 Å². The molecule has 0 saturated carbocycles. The third-order valence-corrected chi connectivity index (χ3v) is 2.82. The molecule has 0 N–H and O–H groups in total. The molecule has 0 aliphatic rings. The molecular formula is C12H10BrClN2O. The SMILES string of the molecule is Cc1cc(Oc2ccc(Br)cc2C)nc(Cl)n1. The Kier molecular flexibility index (Phi) is 3.64. The van der Waals surface area contributed by atoms with E-state index in [4.69, 9.17) is 16.3 Å². The number of hydrogen-bond donors (Lipinski definition) is 0. The number of nitrogens with zero attached hydrogens (tertiary/aromatic N) is 2. The van der Waals surface area contributed by atoms with Gasteiger partial charge in [-0.05, 0) is 49.2 Å². The summed E-state index contributed by atoms with van der Waals surface area (Å²) in [5.41, 5.74) is 1.79. The van der Waals surface area contributed by atoms with Gasteiger partial charge in [0.15, 0.2) is 0 Å². The number of halogens is 2. The zero-order chi connectivity index (χ0) is 12.4. The Hall–Kier alpha value is -1.13. The van der Waals surface area contributed by atoms with Crippen molar-refractivity contribution in [2.24, 2.45) is 0 Å². The lowest BCUT2D eigenvalue weighted by atomic mass is 10.2. The summed E-state index contributed by atoms with van der Waals surface area (Å²) in [6.07, 6.45) is 0. The fraction of sp³-hybridized carbons (Fsp3) is 0.167. The molecule has 0 spiro atoms. The highest BCUT2D eigenvalue weighted by atomic mass is 79.9. The van der Waals surface area contributed by atoms with Crippen molar-refractivity contribution >= 4 is 27.5 Å². The fourth-order valence-corrected chi connectivity index (χ4v) is 2.09. The summed E-state index contributed by atoms with van der Waals surface area (Å²) in [5, 5.41) is 0.190. The molecule has 0 bridgehead atoms. The maximum atomic E-state index is 5.77. The molecule has 1 heterocycles. The highest BCUT2D eigenvalue weighted by Crippen LogP contribution is 2.27. The topological polar surface area (TPSA) is 35.0 Å². The second-order valence-electron chi connectivity index (χ2n) is 3.63. The Bertz CT molecular complexity index is 540. The Balaban J connectivity index is 2.31. The predicted octanol–water partition coefficient (Wildman–Crippen LogP) is 4.30. The van der Waals surface area contributed by atoms with Crippen LogP contribution in [0.1, 0.15) is 11.3 Å². The standard InChI is InChI=1S/C12H10BrClN2O/c1-7-5-9(13)3-4-10(7)17-11-6-8(2)15-12(14)16-11/h3-6H,1-2H3. The van der Waals surface area contributed by atoms with Crippen molar-refractivity contribution in [2.75, 3.05) is 0 Å². The van der Waals surface area contributed by atoms with E-state index in [1.54, 1.807) is 6.07 Å². The van der Waals surface area contributed by atoms with Crippen LogP contribution in [0.15, 0.2) is 28.7 Å². The minimum absolute atomic E-state index is 0.190. The smallest absolute Gasteiger partial charge is 0.225 e. The summed E-state index contributed by atoms with van der Waals surface area (Å²) in [6.45, 7) is 3.81. The molecule has 2 aromatic rings. The number of ether oxygens (including phenoxy) is 1. The average molecular weight is 314 g/mol. The zero-order valence-corrected chi connectivity index (χ0v) is 11.7. The molecule has 0 amide bonds. The summed E-state index contributed by atoms with van der Waals surface area (Å²) < 4.78 is 6.68. The van der Waals surface area contributed by atoms with Gasteiger partial charge in [0.1, 0.15) is 5.75 Å². The van der Waals surface area contributed by atoms with Crippen molar-refractivity contribution in [3.8, 4) is 11.6 Å². The van der Waals surface area contributed by atoms with Crippen LogP contribution in [0, 0.1) is 13.8 Å². The molecule has 88 valence electrons. The largest absolute Gasteiger partial charge is 0.439 e. The summed E-state index contributed by atoms with van der Waals surface area (Å²) in [4.78, 5) is 7.99. The summed E-state index contributed by atoms with van der Waals surface area (Å²) in [6, 6.07) is 7.51. The van der Waals surface area contributed by atoms with Gasteiger partial charge in [-0.2, -0.15) is 4.98 Å². The van der Waals surface area contributed by atoms with Crippen LogP contribution in [0.4, 0.5) is 0 Å². The Morgan fingerprint density at radius 1 is 1.18 bits per heavy atom. The molecule has 0 radical (unpaired) electrons. The van der Waals surface area contributed by atoms with E-state index < -0.39 is 0 Å². The van der Waals surface area contributed by atoms with Crippen LogP contribution in [0.25, 0.3) is 0 Å². The lowest BCUT2D eigenvalue weighted by Crippen LogP contribution is -1.93. The molecule has 0 unspecified atom stereocenters. The van der Waals surface area contributed by atoms with E-state index in [1.807, 2.05) is 32.0 Å². The van der Waals surface area contributed by atoms with Crippen LogP contribution in [0.3, 0.4) is 0 Å². The molecule has 1 aromatic carbocycles. The van der Waals surface area contributed by atoms with Crippen LogP contribution >= 0.6 is 27.5 Å². The highest BCUT2D eigenvalue weighted by Gasteiger charge is 2.05. The van der Waals surface area contributed by atoms with Gasteiger partial charge in [0.05, 0.1) is 0 Å². The van der Waals surface area contributed by atoms with Gasteiger partial charge in [0.25, 0.3) is 0 Å². The van der Waals surface area contributed by atoms with Crippen molar-refractivity contribution in [2.45, 2.75) is 13.8 Å². The third-order valence-electron chi connectivity index (χ3n) is 2.15. The van der Waals surface area contributed by atoms with Crippen molar-refractivity contribution < 1.29 is 4.74 Å². The van der Waals surface area contributed by atoms with Crippen molar-refractivity contribution in [3.05, 3.63) is 45.3 Å². The molecule has 0 atom stereocenters. The molecule has 5 heteroatoms. The number of aromatic nitrogens is 2. The molecule has 3 nitrogen and oxygen atoms in total. The van der Waals surface area contributed by atoms with Crippen LogP contribution in [0.2, 0.25) is 5.28 Å². The maximum absolute atomic E-state index is 5.77. The van der Waals surface area contributed by atoms with Gasteiger partial charge in [-0.1, -0.05) is 15.9 Å². The second-order valence-corrected chi connectivity index (χ2v) is 4.88. The second kappa shape index (κ2) is 5.02. The van der Waals surface area contributed by atoms with Gasteiger partial charge >= 0.3 is 0 Å². The van der Waals surface area contributed by atoms with E-state index in [9.17, 15) is 0 Å². The first-order chi connectivity index (χ1) is 8.04. The molecule has 2 rings (SSSR count). The molecule has 0 aliphatic heterocycles. The first kappa shape index (κ1) is 12.3. The molecule has 0 aliphatic carbocycles. The zero-order valence-electron chi connectivity index (χ0n) is 9.37. The average Bonchev–Trinajstić information content (AvgIpc) is 2.21. The van der Waals surface area contributed by atoms with Crippen molar-refractivity contribution in [1.29, 1.82) is 0 Å². The number of aryl methyl sites for hydroxylation is 2. The van der Waals surface area contributed by atoms with E-state index in [-0.39, 0.29) is 5.28 Å². The number of rotatable bonds is 2. The summed E-state index contributed by atoms with van der Waals surface area (Å²) in [5.74, 6) is 1.20. The van der Waals surface area contributed by atoms with E-state index in [1.165, 1.54) is 0 Å². The minimum atomic E-state index is 0.190. The quantitative estimate of drug-likeness (QED) is 0.775. The van der Waals surface area contributed by atoms with Crippen LogP contribution in [-0.4, -0.2) is 9.97 Å². The van der Waals surface area contributed by atoms with E-state index in [0.717, 1.165) is 21.5 Å². The minimum Gasteiger partial charge on any atom is -0.439 e. The van der Waals surface area contributed by atoms with E-state index in [2.05, 4.69) is 25.9 Å². The first-order valence-electron chi connectivity index (χ1n) is 5.00.